The van der Waals surface area contributed by atoms with Crippen LogP contribution in [0.5, 0.6) is 5.75 Å². The Kier molecular flexibility index (Phi) is 11.9. The Morgan fingerprint density at radius 2 is 1.66 bits per heavy atom. The van der Waals surface area contributed by atoms with Crippen molar-refractivity contribution in [3.63, 3.8) is 0 Å². The Balaban J connectivity index is 0.000000227. The molecule has 1 aliphatic heterocycles. The van der Waals surface area contributed by atoms with Crippen molar-refractivity contribution in [2.75, 3.05) is 26.7 Å². The first-order chi connectivity index (χ1) is 15.6. The zero-order chi connectivity index (χ0) is 23.0. The van der Waals surface area contributed by atoms with Crippen molar-refractivity contribution in [3.8, 4) is 5.75 Å². The van der Waals surface area contributed by atoms with Gasteiger partial charge in [0.2, 0.25) is 5.91 Å². The average molecular weight is 437 g/mol. The van der Waals surface area contributed by atoms with E-state index >= 15 is 0 Å². The number of ether oxygens (including phenoxy) is 1. The molecule has 5 heteroatoms. The van der Waals surface area contributed by atoms with Crippen molar-refractivity contribution in [1.82, 2.24) is 4.90 Å². The third-order valence-electron chi connectivity index (χ3n) is 5.39. The van der Waals surface area contributed by atoms with Gasteiger partial charge in [0.05, 0.1) is 7.11 Å². The van der Waals surface area contributed by atoms with Crippen LogP contribution in [0.3, 0.4) is 0 Å². The van der Waals surface area contributed by atoms with Crippen molar-refractivity contribution < 1.29 is 14.3 Å². The summed E-state index contributed by atoms with van der Waals surface area (Å²) in [5.74, 6) is 0.361. The summed E-state index contributed by atoms with van der Waals surface area (Å²) in [6.07, 6.45) is 10.9. The fourth-order valence-electron chi connectivity index (χ4n) is 3.57. The molecule has 1 amide bonds. The van der Waals surface area contributed by atoms with Crippen LogP contribution < -0.4 is 10.5 Å². The number of carbonyl (C=O) groups is 2. The fourth-order valence-corrected chi connectivity index (χ4v) is 3.57. The number of unbranched alkanes of at least 4 members (excludes halogenated alkanes) is 1. The molecule has 0 aromatic heterocycles. The van der Waals surface area contributed by atoms with Gasteiger partial charge >= 0.3 is 0 Å². The largest absolute Gasteiger partial charge is 0.497 e. The number of Topliss-reactive ketones (excluding diaryl/α,β-unsaturated/α-hetero) is 1. The molecule has 1 fully saturated rings. The van der Waals surface area contributed by atoms with Crippen molar-refractivity contribution in [2.45, 2.75) is 44.9 Å². The van der Waals surface area contributed by atoms with E-state index in [4.69, 9.17) is 10.5 Å². The Bertz CT molecular complexity index is 826. The van der Waals surface area contributed by atoms with Gasteiger partial charge < -0.3 is 15.4 Å². The molecule has 0 radical (unpaired) electrons. The molecule has 0 saturated carbocycles. The summed E-state index contributed by atoms with van der Waals surface area (Å²) in [7, 11) is 1.57. The third-order valence-corrected chi connectivity index (χ3v) is 5.39. The topological polar surface area (TPSA) is 72.6 Å². The first-order valence-corrected chi connectivity index (χ1v) is 11.5. The van der Waals surface area contributed by atoms with Crippen molar-refractivity contribution in [1.29, 1.82) is 0 Å². The highest BCUT2D eigenvalue weighted by atomic mass is 16.5. The zero-order valence-corrected chi connectivity index (χ0v) is 19.2. The minimum atomic E-state index is -0.373. The van der Waals surface area contributed by atoms with Crippen LogP contribution in [0, 0.1) is 0 Å². The molecule has 172 valence electrons. The van der Waals surface area contributed by atoms with Crippen molar-refractivity contribution >= 4 is 17.8 Å². The van der Waals surface area contributed by atoms with Gasteiger partial charge in [0.1, 0.15) is 5.75 Å². The van der Waals surface area contributed by atoms with Crippen molar-refractivity contribution in [3.05, 3.63) is 71.8 Å². The molecular weight excluding hydrogens is 400 g/mol. The highest BCUT2D eigenvalue weighted by molar-refractivity contribution is 5.96. The number of likely N-dealkylation sites (tertiary alicyclic amines) is 1. The summed E-state index contributed by atoms with van der Waals surface area (Å²) in [6.45, 7) is 3.92. The highest BCUT2D eigenvalue weighted by Gasteiger charge is 2.09. The van der Waals surface area contributed by atoms with Gasteiger partial charge in [-0.3, -0.25) is 9.59 Å². The number of allylic oxidation sites excluding steroid dienone is 1. The van der Waals surface area contributed by atoms with E-state index in [1.807, 2.05) is 0 Å². The first kappa shape index (κ1) is 25.3. The van der Waals surface area contributed by atoms with E-state index in [9.17, 15) is 9.59 Å². The van der Waals surface area contributed by atoms with E-state index in [0.717, 1.165) is 0 Å². The normalized spacial score (nSPS) is 13.5. The summed E-state index contributed by atoms with van der Waals surface area (Å²) < 4.78 is 4.99. The number of benzene rings is 2. The molecule has 2 aromatic rings. The molecule has 2 N–H and O–H groups in total. The van der Waals surface area contributed by atoms with Gasteiger partial charge in [-0.15, -0.1) is 0 Å². The van der Waals surface area contributed by atoms with E-state index in [1.165, 1.54) is 50.9 Å². The van der Waals surface area contributed by atoms with Crippen LogP contribution in [0.1, 0.15) is 60.9 Å². The van der Waals surface area contributed by atoms with Gasteiger partial charge in [-0.2, -0.15) is 0 Å². The van der Waals surface area contributed by atoms with E-state index in [2.05, 4.69) is 47.4 Å². The van der Waals surface area contributed by atoms with E-state index in [1.54, 1.807) is 31.4 Å². The maximum Gasteiger partial charge on any atom is 0.217 e. The molecule has 0 bridgehead atoms. The van der Waals surface area contributed by atoms with Crippen LogP contribution in [-0.4, -0.2) is 43.3 Å². The number of hydrogen-bond acceptors (Lipinski definition) is 4. The van der Waals surface area contributed by atoms with E-state index in [0.29, 0.717) is 24.2 Å². The predicted molar refractivity (Wildman–Crippen MR) is 131 cm³/mol. The van der Waals surface area contributed by atoms with Crippen LogP contribution in [0.2, 0.25) is 0 Å². The number of carbonyl (C=O) groups excluding carboxylic acids is 2. The molecule has 1 heterocycles. The summed E-state index contributed by atoms with van der Waals surface area (Å²) in [6, 6.07) is 17.4. The van der Waals surface area contributed by atoms with Crippen LogP contribution in [0.15, 0.2) is 60.7 Å². The number of ketones is 1. The SMILES string of the molecule is C(=C\c1ccccc1)/CCCN1CCCC1.COc1ccc(C(=O)CCCC(N)=O)cc1. The van der Waals surface area contributed by atoms with Gasteiger partial charge in [-0.1, -0.05) is 42.5 Å². The molecule has 5 nitrogen and oxygen atoms in total. The second-order valence-corrected chi connectivity index (χ2v) is 7.98. The van der Waals surface area contributed by atoms with E-state index < -0.39 is 0 Å². The highest BCUT2D eigenvalue weighted by Crippen LogP contribution is 2.13. The first-order valence-electron chi connectivity index (χ1n) is 11.5. The number of methoxy groups -OCH3 is 1. The van der Waals surface area contributed by atoms with Crippen molar-refractivity contribution in [2.24, 2.45) is 5.73 Å². The molecule has 2 aromatic carbocycles. The minimum absolute atomic E-state index is 0.0175. The monoisotopic (exact) mass is 436 g/mol. The smallest absolute Gasteiger partial charge is 0.217 e. The number of rotatable bonds is 11. The van der Waals surface area contributed by atoms with Gasteiger partial charge in [0.25, 0.3) is 0 Å². The Morgan fingerprint density at radius 1 is 0.969 bits per heavy atom. The van der Waals surface area contributed by atoms with Crippen LogP contribution in [0.4, 0.5) is 0 Å². The predicted octanol–water partition coefficient (Wildman–Crippen LogP) is 5.11. The standard InChI is InChI=1S/C15H21N.C12H15NO3/c1-3-9-15(10-4-1)11-5-2-6-12-16-13-7-8-14-16;1-16-10-7-5-9(6-8-10)11(14)3-2-4-12(13)15/h1,3-5,9-11H,2,6-8,12-14H2;5-8H,2-4H2,1H3,(H2,13,15)/b11-5+;. The lowest BCUT2D eigenvalue weighted by Gasteiger charge is -2.12. The Morgan fingerprint density at radius 3 is 2.28 bits per heavy atom. The maximum atomic E-state index is 11.6. The van der Waals surface area contributed by atoms with Crippen LogP contribution in [0.25, 0.3) is 6.08 Å². The zero-order valence-electron chi connectivity index (χ0n) is 19.2. The summed E-state index contributed by atoms with van der Waals surface area (Å²) in [5, 5.41) is 0. The molecule has 32 heavy (non-hydrogen) atoms. The molecule has 3 rings (SSSR count). The molecule has 1 aliphatic rings. The second-order valence-electron chi connectivity index (χ2n) is 7.98. The van der Waals surface area contributed by atoms with Gasteiger partial charge in [-0.05, 0) is 81.6 Å². The Hall–Kier alpha value is -2.92. The fraction of sp³-hybridized carbons (Fsp3) is 0.407. The number of hydrogen-bond donors (Lipinski definition) is 1. The summed E-state index contributed by atoms with van der Waals surface area (Å²) in [5.41, 5.74) is 6.93. The molecule has 0 spiro atoms. The van der Waals surface area contributed by atoms with Gasteiger partial charge in [0.15, 0.2) is 5.78 Å². The quantitative estimate of drug-likeness (QED) is 0.392. The molecule has 1 saturated heterocycles. The second kappa shape index (κ2) is 15.0. The van der Waals surface area contributed by atoms with Crippen LogP contribution in [-0.2, 0) is 4.79 Å². The lowest BCUT2D eigenvalue weighted by molar-refractivity contribution is -0.118. The van der Waals surface area contributed by atoms with E-state index in [-0.39, 0.29) is 18.1 Å². The minimum Gasteiger partial charge on any atom is -0.497 e. The molecule has 0 aliphatic carbocycles. The Labute approximate surface area is 192 Å². The van der Waals surface area contributed by atoms with Gasteiger partial charge in [0, 0.05) is 18.4 Å². The number of amides is 1. The van der Waals surface area contributed by atoms with Crippen LogP contribution >= 0.6 is 0 Å². The molecule has 0 unspecified atom stereocenters. The number of primary amides is 1. The average Bonchev–Trinajstić information content (AvgIpc) is 3.33. The maximum absolute atomic E-state index is 11.6. The molecule has 0 atom stereocenters. The lowest BCUT2D eigenvalue weighted by Crippen LogP contribution is -2.19. The number of nitrogens with zero attached hydrogens (tertiary/aromatic N) is 1. The summed E-state index contributed by atoms with van der Waals surface area (Å²) >= 11 is 0. The third kappa shape index (κ3) is 10.4. The van der Waals surface area contributed by atoms with Gasteiger partial charge in [-0.25, -0.2) is 0 Å². The lowest BCUT2D eigenvalue weighted by atomic mass is 10.1. The number of nitrogens with two attached hydrogens (primary N) is 1. The molecular formula is C27H36N2O3. The summed E-state index contributed by atoms with van der Waals surface area (Å²) in [4.78, 5) is 24.7.